The molecule has 0 radical (unpaired) electrons. The van der Waals surface area contributed by atoms with Crippen LogP contribution in [-0.4, -0.2) is 0 Å². The lowest BCUT2D eigenvalue weighted by atomic mass is 9.81. The van der Waals surface area contributed by atoms with E-state index in [0.717, 1.165) is 15.4 Å². The highest BCUT2D eigenvalue weighted by Crippen LogP contribution is 2.35. The third-order valence-corrected chi connectivity index (χ3v) is 4.96. The van der Waals surface area contributed by atoms with E-state index < -0.39 is 0 Å². The summed E-state index contributed by atoms with van der Waals surface area (Å²) in [6.07, 6.45) is 1.14. The fraction of sp³-hybridized carbons (Fsp3) is 0.333. The zero-order valence-corrected chi connectivity index (χ0v) is 13.5. The van der Waals surface area contributed by atoms with Gasteiger partial charge >= 0.3 is 0 Å². The zero-order chi connectivity index (χ0) is 12.6. The van der Waals surface area contributed by atoms with Gasteiger partial charge in [-0.15, -0.1) is 0 Å². The molecule has 0 nitrogen and oxygen atoms in total. The molecular formula is C15H16Br2. The second-order valence-corrected chi connectivity index (χ2v) is 6.74. The van der Waals surface area contributed by atoms with E-state index in [1.54, 1.807) is 0 Å². The maximum absolute atomic E-state index is 3.63. The Hall–Kier alpha value is -0.340. The molecule has 0 saturated carbocycles. The summed E-state index contributed by atoms with van der Waals surface area (Å²) in [6.45, 7) is 6.82. The van der Waals surface area contributed by atoms with E-state index >= 15 is 0 Å². The van der Waals surface area contributed by atoms with Gasteiger partial charge in [-0.1, -0.05) is 64.8 Å². The van der Waals surface area contributed by atoms with Gasteiger partial charge in [0.2, 0.25) is 0 Å². The Bertz CT molecular complexity index is 556. The van der Waals surface area contributed by atoms with Crippen molar-refractivity contribution in [2.45, 2.75) is 32.6 Å². The summed E-state index contributed by atoms with van der Waals surface area (Å²) in [4.78, 5) is 0. The molecular weight excluding hydrogens is 340 g/mol. The molecule has 0 heterocycles. The fourth-order valence-corrected chi connectivity index (χ4v) is 2.84. The van der Waals surface area contributed by atoms with Gasteiger partial charge < -0.3 is 0 Å². The first-order valence-electron chi connectivity index (χ1n) is 5.84. The lowest BCUT2D eigenvalue weighted by molar-refractivity contribution is 0.507. The van der Waals surface area contributed by atoms with Gasteiger partial charge in [0.15, 0.2) is 0 Å². The van der Waals surface area contributed by atoms with Crippen LogP contribution in [0.1, 0.15) is 32.8 Å². The van der Waals surface area contributed by atoms with E-state index in [0.29, 0.717) is 0 Å². The topological polar surface area (TPSA) is 0 Å². The minimum Gasteiger partial charge on any atom is -0.0646 e. The van der Waals surface area contributed by atoms with Gasteiger partial charge in [0.05, 0.1) is 0 Å². The van der Waals surface area contributed by atoms with Crippen LogP contribution in [0.3, 0.4) is 0 Å². The van der Waals surface area contributed by atoms with Gasteiger partial charge in [0.1, 0.15) is 0 Å². The summed E-state index contributed by atoms with van der Waals surface area (Å²) >= 11 is 7.24. The predicted octanol–water partition coefficient (Wildman–Crippen LogP) is 6.05. The van der Waals surface area contributed by atoms with E-state index in [-0.39, 0.29) is 5.41 Å². The van der Waals surface area contributed by atoms with Crippen molar-refractivity contribution < 1.29 is 0 Å². The van der Waals surface area contributed by atoms with Gasteiger partial charge in [-0.2, -0.15) is 0 Å². The van der Waals surface area contributed by atoms with E-state index in [1.807, 2.05) is 0 Å². The molecule has 2 heteroatoms. The van der Waals surface area contributed by atoms with Crippen LogP contribution >= 0.6 is 31.9 Å². The lowest BCUT2D eigenvalue weighted by Crippen LogP contribution is -2.15. The molecule has 2 aromatic carbocycles. The van der Waals surface area contributed by atoms with E-state index in [1.165, 1.54) is 16.3 Å². The smallest absolute Gasteiger partial charge is 0.0254 e. The number of halogens is 2. The summed E-state index contributed by atoms with van der Waals surface area (Å²) in [5.74, 6) is 0. The second kappa shape index (κ2) is 4.74. The van der Waals surface area contributed by atoms with Crippen molar-refractivity contribution >= 4 is 42.6 Å². The van der Waals surface area contributed by atoms with Crippen LogP contribution in [0.5, 0.6) is 0 Å². The molecule has 0 bridgehead atoms. The highest BCUT2D eigenvalue weighted by atomic mass is 79.9. The van der Waals surface area contributed by atoms with Crippen molar-refractivity contribution in [2.24, 2.45) is 0 Å². The van der Waals surface area contributed by atoms with E-state index in [2.05, 4.69) is 83.0 Å². The lowest BCUT2D eigenvalue weighted by Gasteiger charge is -2.24. The first-order chi connectivity index (χ1) is 7.95. The highest BCUT2D eigenvalue weighted by Gasteiger charge is 2.18. The average Bonchev–Trinajstić information content (AvgIpc) is 2.33. The van der Waals surface area contributed by atoms with Gasteiger partial charge in [0.25, 0.3) is 0 Å². The molecule has 90 valence electrons. The minimum absolute atomic E-state index is 0.232. The number of hydrogen-bond acceptors (Lipinski definition) is 0. The van der Waals surface area contributed by atoms with Gasteiger partial charge in [-0.05, 0) is 46.4 Å². The molecule has 2 rings (SSSR count). The quantitative estimate of drug-likeness (QED) is 0.614. The molecule has 0 aliphatic heterocycles. The van der Waals surface area contributed by atoms with Crippen molar-refractivity contribution in [3.8, 4) is 0 Å². The molecule has 0 aromatic heterocycles. The van der Waals surface area contributed by atoms with E-state index in [4.69, 9.17) is 0 Å². The third-order valence-electron chi connectivity index (χ3n) is 3.58. The van der Waals surface area contributed by atoms with Crippen molar-refractivity contribution in [1.29, 1.82) is 0 Å². The molecule has 0 fully saturated rings. The Morgan fingerprint density at radius 1 is 0.941 bits per heavy atom. The number of hydrogen-bond donors (Lipinski definition) is 0. The summed E-state index contributed by atoms with van der Waals surface area (Å²) < 4.78 is 2.31. The van der Waals surface area contributed by atoms with Crippen molar-refractivity contribution in [1.82, 2.24) is 0 Å². The Morgan fingerprint density at radius 3 is 2.12 bits per heavy atom. The summed E-state index contributed by atoms with van der Waals surface area (Å²) in [7, 11) is 0. The van der Waals surface area contributed by atoms with Crippen molar-refractivity contribution in [2.75, 3.05) is 0 Å². The average molecular weight is 356 g/mol. The predicted molar refractivity (Wildman–Crippen MR) is 82.7 cm³/mol. The van der Waals surface area contributed by atoms with Crippen molar-refractivity contribution in [3.63, 3.8) is 0 Å². The first kappa shape index (κ1) is 13.1. The van der Waals surface area contributed by atoms with Gasteiger partial charge in [0, 0.05) is 8.95 Å². The fourth-order valence-electron chi connectivity index (χ4n) is 1.90. The molecule has 0 N–H and O–H groups in total. The Morgan fingerprint density at radius 2 is 1.53 bits per heavy atom. The Balaban J connectivity index is 2.70. The monoisotopic (exact) mass is 354 g/mol. The second-order valence-electron chi connectivity index (χ2n) is 5.03. The molecule has 0 spiro atoms. The largest absolute Gasteiger partial charge is 0.0646 e. The summed E-state index contributed by atoms with van der Waals surface area (Å²) in [6, 6.07) is 10.9. The number of fused-ring (bicyclic) bond motifs is 1. The molecule has 2 aromatic rings. The van der Waals surface area contributed by atoms with Crippen LogP contribution in [-0.2, 0) is 5.41 Å². The molecule has 0 atom stereocenters. The standard InChI is InChI=1S/C15H16Br2/c1-4-15(2,3)10-5-6-11-12(9-10)14(17)8-7-13(11)16/h5-9H,4H2,1-3H3. The summed E-state index contributed by atoms with van der Waals surface area (Å²) in [5, 5.41) is 2.54. The van der Waals surface area contributed by atoms with Crippen LogP contribution in [0.2, 0.25) is 0 Å². The molecule has 0 aliphatic carbocycles. The Kier molecular flexibility index (Phi) is 3.65. The minimum atomic E-state index is 0.232. The highest BCUT2D eigenvalue weighted by molar-refractivity contribution is 9.11. The SMILES string of the molecule is CCC(C)(C)c1ccc2c(Br)ccc(Br)c2c1. The third kappa shape index (κ3) is 2.43. The first-order valence-corrected chi connectivity index (χ1v) is 7.42. The van der Waals surface area contributed by atoms with Crippen molar-refractivity contribution in [3.05, 3.63) is 44.8 Å². The van der Waals surface area contributed by atoms with Crippen LogP contribution in [0.25, 0.3) is 10.8 Å². The van der Waals surface area contributed by atoms with Crippen LogP contribution in [0.15, 0.2) is 39.3 Å². The van der Waals surface area contributed by atoms with Crippen LogP contribution in [0.4, 0.5) is 0 Å². The molecule has 0 saturated heterocycles. The normalized spacial score (nSPS) is 12.1. The molecule has 17 heavy (non-hydrogen) atoms. The van der Waals surface area contributed by atoms with Gasteiger partial charge in [-0.3, -0.25) is 0 Å². The Labute approximate surface area is 120 Å². The van der Waals surface area contributed by atoms with Crippen LogP contribution < -0.4 is 0 Å². The molecule has 0 unspecified atom stereocenters. The van der Waals surface area contributed by atoms with E-state index in [9.17, 15) is 0 Å². The number of benzene rings is 2. The summed E-state index contributed by atoms with van der Waals surface area (Å²) in [5.41, 5.74) is 1.63. The maximum Gasteiger partial charge on any atom is 0.0254 e. The number of rotatable bonds is 2. The zero-order valence-electron chi connectivity index (χ0n) is 10.3. The molecule has 0 aliphatic rings. The molecule has 0 amide bonds. The maximum atomic E-state index is 3.63. The van der Waals surface area contributed by atoms with Gasteiger partial charge in [-0.25, -0.2) is 0 Å². The van der Waals surface area contributed by atoms with Crippen LogP contribution in [0, 0.1) is 0 Å².